The minimum atomic E-state index is -0.459. The summed E-state index contributed by atoms with van der Waals surface area (Å²) >= 11 is 0. The summed E-state index contributed by atoms with van der Waals surface area (Å²) in [5.74, 6) is 0.456. The third kappa shape index (κ3) is 3.32. The van der Waals surface area contributed by atoms with Gasteiger partial charge in [0.2, 0.25) is 5.91 Å². The SMILES string of the molecule is CCc1nc2cc(C(N)=O)ccc2n1-c1ccc(CCN=[N+]=[N-])cc1. The molecule has 0 aliphatic carbocycles. The fourth-order valence-electron chi connectivity index (χ4n) is 2.84. The molecule has 126 valence electrons. The van der Waals surface area contributed by atoms with Gasteiger partial charge in [0.25, 0.3) is 0 Å². The molecule has 0 spiro atoms. The first-order valence-corrected chi connectivity index (χ1v) is 8.05. The first-order chi connectivity index (χ1) is 12.1. The Labute approximate surface area is 144 Å². The molecule has 0 radical (unpaired) electrons. The first kappa shape index (κ1) is 16.5. The standard InChI is InChI=1S/C18H18N6O/c1-2-17-22-15-11-13(18(19)25)5-8-16(15)24(17)14-6-3-12(4-7-14)9-10-21-23-20/h3-8,11H,2,9-10H2,1H3,(H2,19,25). The Hall–Kier alpha value is -3.31. The fraction of sp³-hybridized carbons (Fsp3) is 0.222. The van der Waals surface area contributed by atoms with E-state index in [1.54, 1.807) is 12.1 Å². The Kier molecular flexibility index (Phi) is 4.68. The molecule has 0 fully saturated rings. The summed E-state index contributed by atoms with van der Waals surface area (Å²) in [6.07, 6.45) is 1.47. The zero-order chi connectivity index (χ0) is 17.8. The molecule has 0 aliphatic heterocycles. The average molecular weight is 334 g/mol. The Balaban J connectivity index is 2.02. The lowest BCUT2D eigenvalue weighted by atomic mass is 10.1. The van der Waals surface area contributed by atoms with Crippen molar-refractivity contribution in [1.29, 1.82) is 0 Å². The number of benzene rings is 2. The van der Waals surface area contributed by atoms with E-state index < -0.39 is 5.91 Å². The lowest BCUT2D eigenvalue weighted by Crippen LogP contribution is -2.10. The van der Waals surface area contributed by atoms with Crippen molar-refractivity contribution in [2.24, 2.45) is 10.8 Å². The third-order valence-electron chi connectivity index (χ3n) is 4.08. The second-order valence-corrected chi connectivity index (χ2v) is 5.66. The molecular weight excluding hydrogens is 316 g/mol. The summed E-state index contributed by atoms with van der Waals surface area (Å²) < 4.78 is 2.08. The molecule has 2 N–H and O–H groups in total. The van der Waals surface area contributed by atoms with Crippen LogP contribution < -0.4 is 5.73 Å². The number of nitrogens with two attached hydrogens (primary N) is 1. The van der Waals surface area contributed by atoms with Gasteiger partial charge >= 0.3 is 0 Å². The van der Waals surface area contributed by atoms with E-state index in [0.29, 0.717) is 18.5 Å². The van der Waals surface area contributed by atoms with E-state index >= 15 is 0 Å². The Bertz CT molecular complexity index is 967. The van der Waals surface area contributed by atoms with E-state index in [9.17, 15) is 4.79 Å². The summed E-state index contributed by atoms with van der Waals surface area (Å²) in [6, 6.07) is 13.4. The molecule has 0 aliphatic rings. The fourth-order valence-corrected chi connectivity index (χ4v) is 2.84. The van der Waals surface area contributed by atoms with Crippen LogP contribution in [0.4, 0.5) is 0 Å². The summed E-state index contributed by atoms with van der Waals surface area (Å²) in [7, 11) is 0. The highest BCUT2D eigenvalue weighted by Gasteiger charge is 2.13. The molecule has 1 heterocycles. The summed E-state index contributed by atoms with van der Waals surface area (Å²) in [4.78, 5) is 18.8. The van der Waals surface area contributed by atoms with Crippen LogP contribution in [0.2, 0.25) is 0 Å². The average Bonchev–Trinajstić information content (AvgIpc) is 3.00. The van der Waals surface area contributed by atoms with Crippen LogP contribution in [0.1, 0.15) is 28.7 Å². The normalized spacial score (nSPS) is 10.6. The molecule has 0 unspecified atom stereocenters. The quantitative estimate of drug-likeness (QED) is 0.422. The van der Waals surface area contributed by atoms with E-state index in [2.05, 4.69) is 19.6 Å². The number of carbonyl (C=O) groups excluding carboxylic acids is 1. The number of hydrogen-bond donors (Lipinski definition) is 1. The second kappa shape index (κ2) is 7.07. The molecule has 0 atom stereocenters. The zero-order valence-corrected chi connectivity index (χ0v) is 13.9. The number of amides is 1. The maximum Gasteiger partial charge on any atom is 0.248 e. The van der Waals surface area contributed by atoms with Gasteiger partial charge in [0.1, 0.15) is 5.82 Å². The second-order valence-electron chi connectivity index (χ2n) is 5.66. The van der Waals surface area contributed by atoms with Gasteiger partial charge in [0.15, 0.2) is 0 Å². The van der Waals surface area contributed by atoms with Crippen LogP contribution in [0.5, 0.6) is 0 Å². The number of aromatic nitrogens is 2. The van der Waals surface area contributed by atoms with Gasteiger partial charge in [-0.25, -0.2) is 4.98 Å². The predicted molar refractivity (Wildman–Crippen MR) is 96.7 cm³/mol. The van der Waals surface area contributed by atoms with Gasteiger partial charge in [-0.05, 0) is 47.8 Å². The molecule has 7 nitrogen and oxygen atoms in total. The Morgan fingerprint density at radius 3 is 2.68 bits per heavy atom. The van der Waals surface area contributed by atoms with Gasteiger partial charge in [-0.15, -0.1) is 0 Å². The van der Waals surface area contributed by atoms with Crippen molar-refractivity contribution in [3.63, 3.8) is 0 Å². The number of imidazole rings is 1. The van der Waals surface area contributed by atoms with Crippen LogP contribution in [0.3, 0.4) is 0 Å². The number of nitrogens with zero attached hydrogens (tertiary/aromatic N) is 5. The Morgan fingerprint density at radius 1 is 1.28 bits per heavy atom. The highest BCUT2D eigenvalue weighted by Crippen LogP contribution is 2.23. The van der Waals surface area contributed by atoms with Crippen molar-refractivity contribution in [1.82, 2.24) is 9.55 Å². The van der Waals surface area contributed by atoms with Crippen LogP contribution in [0, 0.1) is 0 Å². The number of rotatable bonds is 6. The van der Waals surface area contributed by atoms with Crippen LogP contribution in [-0.4, -0.2) is 22.0 Å². The lowest BCUT2D eigenvalue weighted by molar-refractivity contribution is 0.100. The number of azide groups is 1. The van der Waals surface area contributed by atoms with Crippen LogP contribution in [-0.2, 0) is 12.8 Å². The largest absolute Gasteiger partial charge is 0.366 e. The molecule has 7 heteroatoms. The number of aryl methyl sites for hydroxylation is 1. The van der Waals surface area contributed by atoms with Gasteiger partial charge in [0, 0.05) is 29.1 Å². The van der Waals surface area contributed by atoms with Crippen molar-refractivity contribution in [3.8, 4) is 5.69 Å². The van der Waals surface area contributed by atoms with Crippen LogP contribution >= 0.6 is 0 Å². The molecule has 25 heavy (non-hydrogen) atoms. The smallest absolute Gasteiger partial charge is 0.248 e. The molecule has 1 amide bonds. The van der Waals surface area contributed by atoms with Gasteiger partial charge in [-0.2, -0.15) is 0 Å². The molecule has 0 bridgehead atoms. The highest BCUT2D eigenvalue weighted by atomic mass is 16.1. The van der Waals surface area contributed by atoms with Crippen LogP contribution in [0.15, 0.2) is 47.6 Å². The molecule has 1 aromatic heterocycles. The number of hydrogen-bond acceptors (Lipinski definition) is 3. The first-order valence-electron chi connectivity index (χ1n) is 8.05. The van der Waals surface area contributed by atoms with E-state index in [4.69, 9.17) is 11.3 Å². The maximum atomic E-state index is 11.4. The minimum Gasteiger partial charge on any atom is -0.366 e. The molecule has 2 aromatic carbocycles. The summed E-state index contributed by atoms with van der Waals surface area (Å²) in [5, 5.41) is 3.56. The van der Waals surface area contributed by atoms with Crippen molar-refractivity contribution in [2.45, 2.75) is 19.8 Å². The van der Waals surface area contributed by atoms with Crippen molar-refractivity contribution in [2.75, 3.05) is 6.54 Å². The van der Waals surface area contributed by atoms with E-state index in [-0.39, 0.29) is 0 Å². The lowest BCUT2D eigenvalue weighted by Gasteiger charge is -2.09. The molecule has 3 rings (SSSR count). The number of carbonyl (C=O) groups is 1. The van der Waals surface area contributed by atoms with E-state index in [0.717, 1.165) is 34.5 Å². The third-order valence-corrected chi connectivity index (χ3v) is 4.08. The molecule has 0 saturated carbocycles. The van der Waals surface area contributed by atoms with Crippen molar-refractivity contribution >= 4 is 16.9 Å². The van der Waals surface area contributed by atoms with Gasteiger partial charge < -0.3 is 5.73 Å². The monoisotopic (exact) mass is 334 g/mol. The Morgan fingerprint density at radius 2 is 2.04 bits per heavy atom. The van der Waals surface area contributed by atoms with Gasteiger partial charge in [0.05, 0.1) is 11.0 Å². The molecule has 0 saturated heterocycles. The van der Waals surface area contributed by atoms with Crippen molar-refractivity contribution < 1.29 is 4.79 Å². The van der Waals surface area contributed by atoms with Crippen molar-refractivity contribution in [3.05, 3.63) is 69.9 Å². The minimum absolute atomic E-state index is 0.444. The topological polar surface area (TPSA) is 110 Å². The number of primary amides is 1. The molecule has 3 aromatic rings. The maximum absolute atomic E-state index is 11.4. The number of fused-ring (bicyclic) bond motifs is 1. The summed E-state index contributed by atoms with van der Waals surface area (Å²) in [5.41, 5.74) is 17.9. The highest BCUT2D eigenvalue weighted by molar-refractivity contribution is 5.96. The van der Waals surface area contributed by atoms with E-state index in [1.807, 2.05) is 37.3 Å². The van der Waals surface area contributed by atoms with Gasteiger partial charge in [-0.1, -0.05) is 24.2 Å². The molecular formula is C18H18N6O. The van der Waals surface area contributed by atoms with Crippen LogP contribution in [0.25, 0.3) is 27.2 Å². The van der Waals surface area contributed by atoms with E-state index in [1.165, 1.54) is 0 Å². The predicted octanol–water partition coefficient (Wildman–Crippen LogP) is 3.54. The van der Waals surface area contributed by atoms with Gasteiger partial charge in [-0.3, -0.25) is 9.36 Å². The zero-order valence-electron chi connectivity index (χ0n) is 13.9. The summed E-state index contributed by atoms with van der Waals surface area (Å²) in [6.45, 7) is 2.49.